The number of hydrogen-bond acceptors (Lipinski definition) is 1. The predicted molar refractivity (Wildman–Crippen MR) is 89.5 cm³/mol. The summed E-state index contributed by atoms with van der Waals surface area (Å²) in [5, 5.41) is 4.93. The summed E-state index contributed by atoms with van der Waals surface area (Å²) in [6.07, 6.45) is 1.07. The SMILES string of the molecule is Cc1c(CNCCc2ccccc2)n(C)c2ccccc12. The molecule has 2 nitrogen and oxygen atoms in total. The van der Waals surface area contributed by atoms with Crippen LogP contribution in [0.5, 0.6) is 0 Å². The van der Waals surface area contributed by atoms with E-state index in [0.29, 0.717) is 0 Å². The van der Waals surface area contributed by atoms with Gasteiger partial charge in [0, 0.05) is 30.2 Å². The number of aromatic nitrogens is 1. The van der Waals surface area contributed by atoms with Gasteiger partial charge in [-0.2, -0.15) is 0 Å². The fraction of sp³-hybridized carbons (Fsp3) is 0.263. The number of nitrogens with one attached hydrogen (secondary N) is 1. The van der Waals surface area contributed by atoms with Gasteiger partial charge >= 0.3 is 0 Å². The number of hydrogen-bond donors (Lipinski definition) is 1. The quantitative estimate of drug-likeness (QED) is 0.702. The fourth-order valence-corrected chi connectivity index (χ4v) is 2.97. The zero-order valence-corrected chi connectivity index (χ0v) is 12.8. The fourth-order valence-electron chi connectivity index (χ4n) is 2.97. The molecule has 0 aliphatic heterocycles. The molecular formula is C19H22N2. The maximum absolute atomic E-state index is 3.57. The first-order chi connectivity index (χ1) is 10.3. The molecule has 0 radical (unpaired) electrons. The van der Waals surface area contributed by atoms with Gasteiger partial charge in [0.2, 0.25) is 0 Å². The van der Waals surface area contributed by atoms with Crippen LogP contribution in [0.25, 0.3) is 10.9 Å². The minimum Gasteiger partial charge on any atom is -0.346 e. The van der Waals surface area contributed by atoms with E-state index in [4.69, 9.17) is 0 Å². The zero-order valence-electron chi connectivity index (χ0n) is 12.8. The van der Waals surface area contributed by atoms with Gasteiger partial charge in [0.05, 0.1) is 0 Å². The monoisotopic (exact) mass is 278 g/mol. The highest BCUT2D eigenvalue weighted by molar-refractivity contribution is 5.85. The summed E-state index contributed by atoms with van der Waals surface area (Å²) in [6, 6.07) is 19.3. The van der Waals surface area contributed by atoms with Crippen LogP contribution >= 0.6 is 0 Å². The van der Waals surface area contributed by atoms with Crippen LogP contribution in [-0.2, 0) is 20.0 Å². The summed E-state index contributed by atoms with van der Waals surface area (Å²) >= 11 is 0. The molecule has 0 bridgehead atoms. The summed E-state index contributed by atoms with van der Waals surface area (Å²) in [6.45, 7) is 4.14. The van der Waals surface area contributed by atoms with E-state index < -0.39 is 0 Å². The van der Waals surface area contributed by atoms with Crippen molar-refractivity contribution < 1.29 is 0 Å². The molecule has 0 atom stereocenters. The lowest BCUT2D eigenvalue weighted by molar-refractivity contribution is 0.654. The topological polar surface area (TPSA) is 17.0 Å². The first kappa shape index (κ1) is 13.9. The predicted octanol–water partition coefficient (Wildman–Crippen LogP) is 3.82. The second kappa shape index (κ2) is 6.15. The van der Waals surface area contributed by atoms with Gasteiger partial charge in [-0.05, 0) is 37.1 Å². The van der Waals surface area contributed by atoms with Crippen molar-refractivity contribution in [2.75, 3.05) is 6.54 Å². The molecule has 0 saturated carbocycles. The van der Waals surface area contributed by atoms with Crippen LogP contribution in [0, 0.1) is 6.92 Å². The standard InChI is InChI=1S/C19H22N2/c1-15-17-10-6-7-11-18(17)21(2)19(15)14-20-13-12-16-8-4-3-5-9-16/h3-11,20H,12-14H2,1-2H3. The van der Waals surface area contributed by atoms with Gasteiger partial charge in [-0.15, -0.1) is 0 Å². The summed E-state index contributed by atoms with van der Waals surface area (Å²) in [7, 11) is 2.16. The van der Waals surface area contributed by atoms with Gasteiger partial charge in [0.25, 0.3) is 0 Å². The van der Waals surface area contributed by atoms with Crippen LogP contribution in [0.15, 0.2) is 54.6 Å². The maximum atomic E-state index is 3.57. The summed E-state index contributed by atoms with van der Waals surface area (Å²) in [5.74, 6) is 0. The van der Waals surface area contributed by atoms with Crippen molar-refractivity contribution in [3.05, 3.63) is 71.4 Å². The lowest BCUT2D eigenvalue weighted by atomic mass is 10.1. The van der Waals surface area contributed by atoms with Crippen molar-refractivity contribution >= 4 is 10.9 Å². The number of fused-ring (bicyclic) bond motifs is 1. The van der Waals surface area contributed by atoms with Crippen LogP contribution in [0.2, 0.25) is 0 Å². The van der Waals surface area contributed by atoms with Gasteiger partial charge in [-0.25, -0.2) is 0 Å². The lowest BCUT2D eigenvalue weighted by Crippen LogP contribution is -2.18. The number of nitrogens with zero attached hydrogens (tertiary/aromatic N) is 1. The maximum Gasteiger partial charge on any atom is 0.0483 e. The molecule has 0 fully saturated rings. The largest absolute Gasteiger partial charge is 0.346 e. The van der Waals surface area contributed by atoms with E-state index >= 15 is 0 Å². The normalized spacial score (nSPS) is 11.1. The van der Waals surface area contributed by atoms with Gasteiger partial charge in [0.1, 0.15) is 0 Å². The molecule has 1 aromatic heterocycles. The summed E-state index contributed by atoms with van der Waals surface area (Å²) < 4.78 is 2.31. The van der Waals surface area contributed by atoms with Crippen molar-refractivity contribution in [3.63, 3.8) is 0 Å². The van der Waals surface area contributed by atoms with Crippen molar-refractivity contribution in [1.82, 2.24) is 9.88 Å². The Bertz CT molecular complexity index is 687. The molecule has 1 heterocycles. The van der Waals surface area contributed by atoms with E-state index in [1.54, 1.807) is 0 Å². The number of rotatable bonds is 5. The van der Waals surface area contributed by atoms with Gasteiger partial charge in [-0.3, -0.25) is 0 Å². The minimum atomic E-state index is 0.920. The highest BCUT2D eigenvalue weighted by Gasteiger charge is 2.10. The average Bonchev–Trinajstić information content (AvgIpc) is 2.77. The van der Waals surface area contributed by atoms with Gasteiger partial charge < -0.3 is 9.88 Å². The van der Waals surface area contributed by atoms with E-state index in [1.165, 1.54) is 27.7 Å². The summed E-state index contributed by atoms with van der Waals surface area (Å²) in [5.41, 5.74) is 5.47. The van der Waals surface area contributed by atoms with E-state index in [9.17, 15) is 0 Å². The van der Waals surface area contributed by atoms with Crippen LogP contribution in [0.3, 0.4) is 0 Å². The van der Waals surface area contributed by atoms with E-state index in [0.717, 1.165) is 19.5 Å². The average molecular weight is 278 g/mol. The number of benzene rings is 2. The first-order valence-electron chi connectivity index (χ1n) is 7.55. The van der Waals surface area contributed by atoms with Crippen molar-refractivity contribution in [3.8, 4) is 0 Å². The molecule has 21 heavy (non-hydrogen) atoms. The Balaban J connectivity index is 1.66. The molecular weight excluding hydrogens is 256 g/mol. The Morgan fingerprint density at radius 3 is 2.43 bits per heavy atom. The molecule has 0 saturated heterocycles. The Morgan fingerprint density at radius 2 is 1.67 bits per heavy atom. The lowest BCUT2D eigenvalue weighted by Gasteiger charge is -2.08. The molecule has 0 aliphatic rings. The minimum absolute atomic E-state index is 0.920. The molecule has 0 amide bonds. The smallest absolute Gasteiger partial charge is 0.0483 e. The molecule has 0 aliphatic carbocycles. The van der Waals surface area contributed by atoms with E-state index in [-0.39, 0.29) is 0 Å². The second-order valence-electron chi connectivity index (χ2n) is 5.56. The zero-order chi connectivity index (χ0) is 14.7. The van der Waals surface area contributed by atoms with Crippen LogP contribution in [-0.4, -0.2) is 11.1 Å². The summed E-state index contributed by atoms with van der Waals surface area (Å²) in [4.78, 5) is 0. The second-order valence-corrected chi connectivity index (χ2v) is 5.56. The van der Waals surface area contributed by atoms with Crippen LogP contribution in [0.4, 0.5) is 0 Å². The van der Waals surface area contributed by atoms with Crippen LogP contribution < -0.4 is 5.32 Å². The Morgan fingerprint density at radius 1 is 0.952 bits per heavy atom. The third-order valence-corrected chi connectivity index (χ3v) is 4.23. The Kier molecular flexibility index (Phi) is 4.07. The van der Waals surface area contributed by atoms with Crippen molar-refractivity contribution in [1.29, 1.82) is 0 Å². The van der Waals surface area contributed by atoms with E-state index in [2.05, 4.69) is 78.5 Å². The first-order valence-corrected chi connectivity index (χ1v) is 7.55. The number of para-hydroxylation sites is 1. The highest BCUT2D eigenvalue weighted by Crippen LogP contribution is 2.24. The molecule has 2 aromatic carbocycles. The van der Waals surface area contributed by atoms with Gasteiger partial charge in [0.15, 0.2) is 0 Å². The Labute approximate surface area is 126 Å². The molecule has 3 rings (SSSR count). The third kappa shape index (κ3) is 2.86. The molecule has 0 unspecified atom stereocenters. The molecule has 1 N–H and O–H groups in total. The molecule has 0 spiro atoms. The van der Waals surface area contributed by atoms with Gasteiger partial charge in [-0.1, -0.05) is 48.5 Å². The molecule has 2 heteroatoms. The van der Waals surface area contributed by atoms with Crippen molar-refractivity contribution in [2.24, 2.45) is 7.05 Å². The van der Waals surface area contributed by atoms with Crippen molar-refractivity contribution in [2.45, 2.75) is 19.9 Å². The van der Waals surface area contributed by atoms with E-state index in [1.807, 2.05) is 0 Å². The Hall–Kier alpha value is -2.06. The highest BCUT2D eigenvalue weighted by atomic mass is 15.0. The number of aryl methyl sites for hydroxylation is 2. The molecule has 3 aromatic rings. The third-order valence-electron chi connectivity index (χ3n) is 4.23. The van der Waals surface area contributed by atoms with Crippen LogP contribution in [0.1, 0.15) is 16.8 Å². The molecule has 108 valence electrons.